The van der Waals surface area contributed by atoms with Crippen LogP contribution in [-0.2, 0) is 9.47 Å². The number of hydrogen-bond donors (Lipinski definition) is 0. The summed E-state index contributed by atoms with van der Waals surface area (Å²) in [5.41, 5.74) is 1.36. The summed E-state index contributed by atoms with van der Waals surface area (Å²) >= 11 is -2.16. The van der Waals surface area contributed by atoms with Crippen LogP contribution in [0.4, 0.5) is 0 Å². The SMILES string of the molecule is C=C([CH2][Sn]([CH2]CCC)([CH2]CCC)[CH2]CCC)C(OCOC)C(C)C. The van der Waals surface area contributed by atoms with E-state index < -0.39 is 18.4 Å². The second kappa shape index (κ2) is 14.6. The van der Waals surface area contributed by atoms with Crippen LogP contribution >= 0.6 is 0 Å². The Bertz CT molecular complexity index is 293. The molecule has 24 heavy (non-hydrogen) atoms. The summed E-state index contributed by atoms with van der Waals surface area (Å²) < 4.78 is 17.1. The molecule has 2 nitrogen and oxygen atoms in total. The number of hydrogen-bond acceptors (Lipinski definition) is 2. The molecule has 0 aliphatic heterocycles. The van der Waals surface area contributed by atoms with Crippen LogP contribution < -0.4 is 0 Å². The maximum absolute atomic E-state index is 5.99. The summed E-state index contributed by atoms with van der Waals surface area (Å²) in [5, 5.41) is 0. The normalized spacial score (nSPS) is 13.5. The van der Waals surface area contributed by atoms with Gasteiger partial charge >= 0.3 is 157 Å². The Hall–Kier alpha value is 0.459. The maximum atomic E-state index is 5.99. The number of methoxy groups -OCH3 is 1. The van der Waals surface area contributed by atoms with Crippen LogP contribution in [0, 0.1) is 5.92 Å². The van der Waals surface area contributed by atoms with Crippen LogP contribution in [0.15, 0.2) is 12.2 Å². The third kappa shape index (κ3) is 9.82. The minimum atomic E-state index is -2.16. The van der Waals surface area contributed by atoms with E-state index in [-0.39, 0.29) is 6.10 Å². The fourth-order valence-electron chi connectivity index (χ4n) is 3.80. The van der Waals surface area contributed by atoms with Crippen molar-refractivity contribution < 1.29 is 9.47 Å². The van der Waals surface area contributed by atoms with Crippen molar-refractivity contribution in [2.75, 3.05) is 13.9 Å². The number of rotatable bonds is 16. The van der Waals surface area contributed by atoms with Gasteiger partial charge in [0.15, 0.2) is 0 Å². The molecule has 0 aromatic carbocycles. The zero-order valence-corrected chi connectivity index (χ0v) is 20.3. The Labute approximate surface area is 156 Å². The van der Waals surface area contributed by atoms with Crippen molar-refractivity contribution >= 4 is 18.4 Å². The van der Waals surface area contributed by atoms with Gasteiger partial charge in [-0.15, -0.1) is 0 Å². The molecule has 0 radical (unpaired) electrons. The van der Waals surface area contributed by atoms with Gasteiger partial charge in [0.25, 0.3) is 0 Å². The average molecular weight is 447 g/mol. The van der Waals surface area contributed by atoms with E-state index in [4.69, 9.17) is 9.47 Å². The predicted octanol–water partition coefficient (Wildman–Crippen LogP) is 7.04. The van der Waals surface area contributed by atoms with E-state index in [9.17, 15) is 0 Å². The second-order valence-electron chi connectivity index (χ2n) is 7.88. The number of ether oxygens (including phenoxy) is 2. The van der Waals surface area contributed by atoms with Crippen molar-refractivity contribution in [2.45, 2.75) is 97.0 Å². The van der Waals surface area contributed by atoms with Crippen LogP contribution in [-0.4, -0.2) is 38.4 Å². The monoisotopic (exact) mass is 448 g/mol. The summed E-state index contributed by atoms with van der Waals surface area (Å²) in [6.45, 7) is 16.4. The van der Waals surface area contributed by atoms with Crippen molar-refractivity contribution in [3.05, 3.63) is 12.2 Å². The van der Waals surface area contributed by atoms with Gasteiger partial charge in [0, 0.05) is 0 Å². The molecule has 0 saturated carbocycles. The first kappa shape index (κ1) is 24.5. The van der Waals surface area contributed by atoms with Crippen LogP contribution in [0.3, 0.4) is 0 Å². The third-order valence-electron chi connectivity index (χ3n) is 5.16. The van der Waals surface area contributed by atoms with Gasteiger partial charge in [0.05, 0.1) is 0 Å². The molecule has 0 aliphatic rings. The first-order valence-electron chi connectivity index (χ1n) is 10.2. The summed E-state index contributed by atoms with van der Waals surface area (Å²) in [5.74, 6) is 0.472. The van der Waals surface area contributed by atoms with Crippen LogP contribution in [0.5, 0.6) is 0 Å². The molecule has 0 aliphatic carbocycles. The van der Waals surface area contributed by atoms with Gasteiger partial charge in [0.1, 0.15) is 0 Å². The summed E-state index contributed by atoms with van der Waals surface area (Å²) in [7, 11) is 1.70. The van der Waals surface area contributed by atoms with Crippen molar-refractivity contribution in [2.24, 2.45) is 5.92 Å². The molecule has 0 spiro atoms. The molecule has 144 valence electrons. The third-order valence-corrected chi connectivity index (χ3v) is 20.7. The van der Waals surface area contributed by atoms with E-state index >= 15 is 0 Å². The van der Waals surface area contributed by atoms with E-state index in [0.717, 1.165) is 0 Å². The Morgan fingerprint density at radius 1 is 0.917 bits per heavy atom. The van der Waals surface area contributed by atoms with Gasteiger partial charge in [-0.3, -0.25) is 0 Å². The molecule has 0 saturated heterocycles. The first-order chi connectivity index (χ1) is 11.5. The molecule has 0 fully saturated rings. The van der Waals surface area contributed by atoms with Crippen LogP contribution in [0.1, 0.15) is 73.1 Å². The summed E-state index contributed by atoms with van der Waals surface area (Å²) in [4.78, 5) is 0. The van der Waals surface area contributed by atoms with E-state index in [2.05, 4.69) is 41.2 Å². The molecule has 3 heteroatoms. The molecule has 0 aromatic rings. The Morgan fingerprint density at radius 2 is 1.38 bits per heavy atom. The van der Waals surface area contributed by atoms with Crippen molar-refractivity contribution in [1.82, 2.24) is 0 Å². The second-order valence-corrected chi connectivity index (χ2v) is 21.7. The standard InChI is InChI=1S/C9H17O2.3C4H9.Sn/c1-7(2)9(8(3)4)11-6-10-5;3*1-3-4-2;/h8-9H,1-2,6H2,3-5H3;3*1,3-4H2,2H3;. The van der Waals surface area contributed by atoms with Gasteiger partial charge < -0.3 is 0 Å². The van der Waals surface area contributed by atoms with E-state index in [0.29, 0.717) is 12.7 Å². The Morgan fingerprint density at radius 3 is 1.71 bits per heavy atom. The molecule has 0 rings (SSSR count). The van der Waals surface area contributed by atoms with Crippen LogP contribution in [0.25, 0.3) is 0 Å². The Kier molecular flexibility index (Phi) is 14.9. The topological polar surface area (TPSA) is 18.5 Å². The molecule has 0 bridgehead atoms. The molecular weight excluding hydrogens is 403 g/mol. The van der Waals surface area contributed by atoms with Crippen molar-refractivity contribution in [1.29, 1.82) is 0 Å². The Balaban J connectivity index is 5.15. The van der Waals surface area contributed by atoms with Gasteiger partial charge in [0.2, 0.25) is 0 Å². The molecule has 0 N–H and O–H groups in total. The number of unbranched alkanes of at least 4 members (excludes halogenated alkanes) is 3. The molecule has 0 amide bonds. The first-order valence-corrected chi connectivity index (χ1v) is 18.3. The van der Waals surface area contributed by atoms with E-state index in [1.54, 1.807) is 20.4 Å². The van der Waals surface area contributed by atoms with Crippen LogP contribution in [0.2, 0.25) is 17.7 Å². The zero-order chi connectivity index (χ0) is 18.4. The van der Waals surface area contributed by atoms with E-state index in [1.807, 2.05) is 0 Å². The fourth-order valence-corrected chi connectivity index (χ4v) is 20.2. The van der Waals surface area contributed by atoms with E-state index in [1.165, 1.54) is 48.5 Å². The van der Waals surface area contributed by atoms with Crippen molar-refractivity contribution in [3.63, 3.8) is 0 Å². The molecule has 0 heterocycles. The molecular formula is C21H44O2Sn. The molecule has 1 atom stereocenters. The van der Waals surface area contributed by atoms with Gasteiger partial charge in [-0.2, -0.15) is 0 Å². The van der Waals surface area contributed by atoms with Crippen molar-refractivity contribution in [3.8, 4) is 0 Å². The van der Waals surface area contributed by atoms with Gasteiger partial charge in [-0.1, -0.05) is 0 Å². The zero-order valence-electron chi connectivity index (χ0n) is 17.5. The van der Waals surface area contributed by atoms with Gasteiger partial charge in [-0.05, 0) is 0 Å². The molecule has 1 unspecified atom stereocenters. The van der Waals surface area contributed by atoms with Gasteiger partial charge in [-0.25, -0.2) is 0 Å². The summed E-state index contributed by atoms with van der Waals surface area (Å²) in [6, 6.07) is 0. The minimum absolute atomic E-state index is 0.158. The summed E-state index contributed by atoms with van der Waals surface area (Å²) in [6.07, 6.45) is 8.41. The average Bonchev–Trinajstić information content (AvgIpc) is 2.56. The molecule has 0 aromatic heterocycles. The quantitative estimate of drug-likeness (QED) is 0.144. The fraction of sp³-hybridized carbons (Fsp3) is 0.905. The predicted molar refractivity (Wildman–Crippen MR) is 110 cm³/mol.